The minimum absolute atomic E-state index is 0. The molecule has 2 aromatic carbocycles. The van der Waals surface area contributed by atoms with Crippen LogP contribution >= 0.6 is 12.4 Å². The van der Waals surface area contributed by atoms with Crippen LogP contribution < -0.4 is 5.73 Å². The third kappa shape index (κ3) is 5.88. The van der Waals surface area contributed by atoms with Crippen LogP contribution in [0.1, 0.15) is 11.1 Å². The van der Waals surface area contributed by atoms with Gasteiger partial charge in [-0.1, -0.05) is 30.3 Å². The van der Waals surface area contributed by atoms with Crippen LogP contribution in [-0.4, -0.2) is 29.5 Å². The standard InChI is InChI=1S/C17H20FN3O2.ClH/c18-16-6-7-17(21(22)23)15(12-16)13-20(11-9-19)10-8-14-4-2-1-3-5-14;/h1-7,12H,8-11,13,19H2;1H. The van der Waals surface area contributed by atoms with Gasteiger partial charge in [0.2, 0.25) is 0 Å². The summed E-state index contributed by atoms with van der Waals surface area (Å²) in [6.07, 6.45) is 0.809. The summed E-state index contributed by atoms with van der Waals surface area (Å²) in [6.45, 7) is 2.05. The lowest BCUT2D eigenvalue weighted by Crippen LogP contribution is -2.31. The second-order valence-electron chi connectivity index (χ2n) is 5.33. The van der Waals surface area contributed by atoms with Crippen LogP contribution in [0.2, 0.25) is 0 Å². The summed E-state index contributed by atoms with van der Waals surface area (Å²) < 4.78 is 13.4. The molecule has 2 aromatic rings. The molecular formula is C17H21ClFN3O2. The smallest absolute Gasteiger partial charge is 0.274 e. The molecule has 0 saturated carbocycles. The molecule has 0 aliphatic rings. The van der Waals surface area contributed by atoms with E-state index in [-0.39, 0.29) is 18.1 Å². The highest BCUT2D eigenvalue weighted by Crippen LogP contribution is 2.21. The SMILES string of the molecule is Cl.NCCN(CCc1ccccc1)Cc1cc(F)ccc1[N+](=O)[O-]. The van der Waals surface area contributed by atoms with Crippen LogP contribution in [0.4, 0.5) is 10.1 Å². The predicted octanol–water partition coefficient (Wildman–Crippen LogP) is 3.16. The van der Waals surface area contributed by atoms with Gasteiger partial charge in [-0.3, -0.25) is 15.0 Å². The molecule has 2 rings (SSSR count). The van der Waals surface area contributed by atoms with E-state index in [2.05, 4.69) is 0 Å². The van der Waals surface area contributed by atoms with Gasteiger partial charge in [0.25, 0.3) is 5.69 Å². The lowest BCUT2D eigenvalue weighted by atomic mass is 10.1. The summed E-state index contributed by atoms with van der Waals surface area (Å²) in [6, 6.07) is 13.5. The molecule has 0 fully saturated rings. The van der Waals surface area contributed by atoms with Crippen LogP contribution in [0.15, 0.2) is 48.5 Å². The lowest BCUT2D eigenvalue weighted by Gasteiger charge is -2.21. The summed E-state index contributed by atoms with van der Waals surface area (Å²) in [4.78, 5) is 12.6. The molecule has 0 aromatic heterocycles. The number of nitrogens with two attached hydrogens (primary N) is 1. The predicted molar refractivity (Wildman–Crippen MR) is 94.8 cm³/mol. The largest absolute Gasteiger partial charge is 0.329 e. The number of halogens is 2. The van der Waals surface area contributed by atoms with Crippen molar-refractivity contribution in [3.05, 3.63) is 75.6 Å². The highest BCUT2D eigenvalue weighted by molar-refractivity contribution is 5.85. The second-order valence-corrected chi connectivity index (χ2v) is 5.33. The molecule has 7 heteroatoms. The number of hydrogen-bond donors (Lipinski definition) is 1. The Hall–Kier alpha value is -2.02. The Bertz CT molecular complexity index is 656. The molecule has 0 unspecified atom stereocenters. The van der Waals surface area contributed by atoms with E-state index in [4.69, 9.17) is 5.73 Å². The molecule has 0 heterocycles. The van der Waals surface area contributed by atoms with Crippen molar-refractivity contribution in [2.24, 2.45) is 5.73 Å². The van der Waals surface area contributed by atoms with Gasteiger partial charge in [-0.05, 0) is 24.1 Å². The molecule has 2 N–H and O–H groups in total. The van der Waals surface area contributed by atoms with Crippen LogP contribution in [0, 0.1) is 15.9 Å². The summed E-state index contributed by atoms with van der Waals surface area (Å²) in [7, 11) is 0. The maximum atomic E-state index is 13.4. The first-order chi connectivity index (χ1) is 11.1. The Morgan fingerprint density at radius 3 is 2.46 bits per heavy atom. The topological polar surface area (TPSA) is 72.4 Å². The van der Waals surface area contributed by atoms with E-state index in [1.165, 1.54) is 17.7 Å². The zero-order chi connectivity index (χ0) is 16.7. The normalized spacial score (nSPS) is 10.5. The zero-order valence-corrected chi connectivity index (χ0v) is 14.0. The van der Waals surface area contributed by atoms with E-state index >= 15 is 0 Å². The zero-order valence-electron chi connectivity index (χ0n) is 13.2. The number of nitro benzene ring substituents is 1. The molecule has 0 amide bonds. The Morgan fingerprint density at radius 1 is 1.12 bits per heavy atom. The van der Waals surface area contributed by atoms with Gasteiger partial charge >= 0.3 is 0 Å². The fraction of sp³-hybridized carbons (Fsp3) is 0.294. The van der Waals surface area contributed by atoms with Crippen LogP contribution in [0.3, 0.4) is 0 Å². The van der Waals surface area contributed by atoms with Crippen molar-refractivity contribution < 1.29 is 9.31 Å². The van der Waals surface area contributed by atoms with Crippen molar-refractivity contribution in [3.63, 3.8) is 0 Å². The van der Waals surface area contributed by atoms with Crippen LogP contribution in [0.25, 0.3) is 0 Å². The van der Waals surface area contributed by atoms with Gasteiger partial charge < -0.3 is 5.73 Å². The fourth-order valence-electron chi connectivity index (χ4n) is 2.48. The Morgan fingerprint density at radius 2 is 1.83 bits per heavy atom. The van der Waals surface area contributed by atoms with Crippen molar-refractivity contribution in [2.45, 2.75) is 13.0 Å². The van der Waals surface area contributed by atoms with Gasteiger partial charge in [0.05, 0.1) is 4.92 Å². The third-order valence-electron chi connectivity index (χ3n) is 3.64. The maximum absolute atomic E-state index is 13.4. The van der Waals surface area contributed by atoms with Crippen molar-refractivity contribution in [3.8, 4) is 0 Å². The van der Waals surface area contributed by atoms with Gasteiger partial charge in [0.15, 0.2) is 0 Å². The van der Waals surface area contributed by atoms with E-state index in [1.54, 1.807) is 0 Å². The molecule has 5 nitrogen and oxygen atoms in total. The number of nitro groups is 1. The summed E-state index contributed by atoms with van der Waals surface area (Å²) in [5.41, 5.74) is 7.12. The molecule has 0 radical (unpaired) electrons. The third-order valence-corrected chi connectivity index (χ3v) is 3.64. The van der Waals surface area contributed by atoms with Crippen molar-refractivity contribution >= 4 is 18.1 Å². The molecule has 0 aliphatic carbocycles. The Kier molecular flexibility index (Phi) is 8.32. The van der Waals surface area contributed by atoms with E-state index in [1.807, 2.05) is 35.2 Å². The first-order valence-corrected chi connectivity index (χ1v) is 7.49. The van der Waals surface area contributed by atoms with Crippen molar-refractivity contribution in [1.29, 1.82) is 0 Å². The highest BCUT2D eigenvalue weighted by atomic mass is 35.5. The number of hydrogen-bond acceptors (Lipinski definition) is 4. The van der Waals surface area contributed by atoms with E-state index < -0.39 is 10.7 Å². The van der Waals surface area contributed by atoms with Gasteiger partial charge in [0.1, 0.15) is 5.82 Å². The summed E-state index contributed by atoms with van der Waals surface area (Å²) in [5, 5.41) is 11.1. The highest BCUT2D eigenvalue weighted by Gasteiger charge is 2.17. The second kappa shape index (κ2) is 9.97. The lowest BCUT2D eigenvalue weighted by molar-refractivity contribution is -0.385. The number of benzene rings is 2. The number of rotatable bonds is 8. The fourth-order valence-corrected chi connectivity index (χ4v) is 2.48. The first-order valence-electron chi connectivity index (χ1n) is 7.49. The average molecular weight is 354 g/mol. The molecule has 0 aliphatic heterocycles. The first kappa shape index (κ1) is 20.0. The van der Waals surface area contributed by atoms with Gasteiger partial charge in [0, 0.05) is 37.8 Å². The molecule has 0 spiro atoms. The molecule has 24 heavy (non-hydrogen) atoms. The molecule has 130 valence electrons. The minimum atomic E-state index is -0.480. The van der Waals surface area contributed by atoms with Crippen molar-refractivity contribution in [2.75, 3.05) is 19.6 Å². The molecule has 0 bridgehead atoms. The van der Waals surface area contributed by atoms with Gasteiger partial charge in [-0.15, -0.1) is 12.4 Å². The van der Waals surface area contributed by atoms with Crippen LogP contribution in [-0.2, 0) is 13.0 Å². The van der Waals surface area contributed by atoms with Crippen LogP contribution in [0.5, 0.6) is 0 Å². The monoisotopic (exact) mass is 353 g/mol. The van der Waals surface area contributed by atoms with Gasteiger partial charge in [-0.2, -0.15) is 0 Å². The van der Waals surface area contributed by atoms with E-state index in [9.17, 15) is 14.5 Å². The average Bonchev–Trinajstić information content (AvgIpc) is 2.53. The quantitative estimate of drug-likeness (QED) is 0.584. The molecule has 0 saturated heterocycles. The summed E-state index contributed by atoms with van der Waals surface area (Å²) >= 11 is 0. The maximum Gasteiger partial charge on any atom is 0.274 e. The van der Waals surface area contributed by atoms with Gasteiger partial charge in [-0.25, -0.2) is 4.39 Å². The Labute approximate surface area is 146 Å². The molecular weight excluding hydrogens is 333 g/mol. The number of nitrogens with zero attached hydrogens (tertiary/aromatic N) is 2. The minimum Gasteiger partial charge on any atom is -0.329 e. The Balaban J connectivity index is 0.00000288. The summed E-state index contributed by atoms with van der Waals surface area (Å²) in [5.74, 6) is -0.471. The molecule has 0 atom stereocenters. The van der Waals surface area contributed by atoms with E-state index in [0.717, 1.165) is 12.5 Å². The van der Waals surface area contributed by atoms with E-state index in [0.29, 0.717) is 31.7 Å². The van der Waals surface area contributed by atoms with Crippen molar-refractivity contribution in [1.82, 2.24) is 4.90 Å².